The summed E-state index contributed by atoms with van der Waals surface area (Å²) in [4.78, 5) is 25.2. The van der Waals surface area contributed by atoms with Crippen LogP contribution in [0.15, 0.2) is 54.7 Å². The lowest BCUT2D eigenvalue weighted by molar-refractivity contribution is -0.111. The Labute approximate surface area is 223 Å². The number of hydrogen-bond acceptors (Lipinski definition) is 8. The summed E-state index contributed by atoms with van der Waals surface area (Å²) >= 11 is 0. The van der Waals surface area contributed by atoms with E-state index in [0.29, 0.717) is 60.9 Å². The van der Waals surface area contributed by atoms with E-state index in [1.807, 2.05) is 23.9 Å². The van der Waals surface area contributed by atoms with Crippen molar-refractivity contribution in [1.29, 1.82) is 0 Å². The maximum Gasteiger partial charge on any atom is 0.248 e. The highest BCUT2D eigenvalue weighted by molar-refractivity contribution is 6.00. The molecule has 1 aliphatic rings. The van der Waals surface area contributed by atoms with Crippen molar-refractivity contribution in [2.24, 2.45) is 0 Å². The van der Waals surface area contributed by atoms with Gasteiger partial charge < -0.3 is 25.2 Å². The number of aromatic amines is 1. The summed E-state index contributed by atoms with van der Waals surface area (Å²) in [7, 11) is 3.80. The van der Waals surface area contributed by atoms with E-state index in [2.05, 4.69) is 30.8 Å². The number of ether oxygens (including phenoxy) is 1. The second-order valence-corrected chi connectivity index (χ2v) is 9.27. The number of carbonyl (C=O) groups is 1. The Bertz CT molecular complexity index is 1520. The number of carbonyl (C=O) groups excluding carboxylic acids is 1. The van der Waals surface area contributed by atoms with Gasteiger partial charge in [-0.15, -0.1) is 0 Å². The second kappa shape index (κ2) is 11.5. The Balaban J connectivity index is 1.45. The first-order valence-corrected chi connectivity index (χ1v) is 12.4. The Hall–Kier alpha value is -4.42. The SMILES string of the molecule is CN(C)C/C=C/C(=O)Nc1ccc(F)c(-c2nc(Nc3ccc(F)c(N4CCOCC4)c3)nc3[nH]ncc23)c1. The monoisotopic (exact) mass is 534 g/mol. The first kappa shape index (κ1) is 26.2. The second-order valence-electron chi connectivity index (χ2n) is 9.27. The molecule has 0 bridgehead atoms. The van der Waals surface area contributed by atoms with E-state index in [9.17, 15) is 9.18 Å². The van der Waals surface area contributed by atoms with Crippen LogP contribution in [-0.2, 0) is 9.53 Å². The summed E-state index contributed by atoms with van der Waals surface area (Å²) in [5, 5.41) is 13.2. The zero-order chi connectivity index (χ0) is 27.4. The largest absolute Gasteiger partial charge is 0.378 e. The number of likely N-dealkylation sites (N-methyl/N-ethyl adjacent to an activating group) is 1. The number of benzene rings is 2. The lowest BCUT2D eigenvalue weighted by Crippen LogP contribution is -2.36. The molecule has 3 N–H and O–H groups in total. The molecule has 4 aromatic rings. The highest BCUT2D eigenvalue weighted by Gasteiger charge is 2.18. The standard InChI is InChI=1S/C27H28F2N8O2/c1-36(2)9-3-4-24(38)31-17-5-7-21(28)19(14-17)25-20-16-30-35-26(20)34-27(33-25)32-18-6-8-22(29)23(15-18)37-10-12-39-13-11-37/h3-8,14-16H,9-13H2,1-2H3,(H,31,38)(H2,30,32,33,34,35)/b4-3+. The van der Waals surface area contributed by atoms with Crippen LogP contribution in [0.2, 0.25) is 0 Å². The van der Waals surface area contributed by atoms with Gasteiger partial charge in [0.2, 0.25) is 11.9 Å². The van der Waals surface area contributed by atoms with Crippen molar-refractivity contribution in [3.05, 3.63) is 66.4 Å². The average molecular weight is 535 g/mol. The molecule has 3 heterocycles. The molecule has 10 nitrogen and oxygen atoms in total. The minimum atomic E-state index is -0.528. The molecule has 1 saturated heterocycles. The van der Waals surface area contributed by atoms with Gasteiger partial charge >= 0.3 is 0 Å². The van der Waals surface area contributed by atoms with Crippen LogP contribution < -0.4 is 15.5 Å². The smallest absolute Gasteiger partial charge is 0.248 e. The van der Waals surface area contributed by atoms with Crippen molar-refractivity contribution in [3.8, 4) is 11.3 Å². The van der Waals surface area contributed by atoms with Crippen molar-refractivity contribution in [1.82, 2.24) is 25.1 Å². The van der Waals surface area contributed by atoms with E-state index in [1.165, 1.54) is 36.5 Å². The van der Waals surface area contributed by atoms with E-state index in [4.69, 9.17) is 4.74 Å². The molecule has 0 saturated carbocycles. The summed E-state index contributed by atoms with van der Waals surface area (Å²) in [6, 6.07) is 8.91. The van der Waals surface area contributed by atoms with Crippen LogP contribution in [0.3, 0.4) is 0 Å². The number of halogens is 2. The van der Waals surface area contributed by atoms with Gasteiger partial charge in [-0.25, -0.2) is 13.8 Å². The first-order valence-electron chi connectivity index (χ1n) is 12.4. The molecule has 0 atom stereocenters. The average Bonchev–Trinajstić information content (AvgIpc) is 3.39. The minimum Gasteiger partial charge on any atom is -0.378 e. The van der Waals surface area contributed by atoms with E-state index in [-0.39, 0.29) is 28.9 Å². The van der Waals surface area contributed by atoms with Crippen LogP contribution in [0.4, 0.5) is 31.8 Å². The van der Waals surface area contributed by atoms with Gasteiger partial charge in [-0.2, -0.15) is 10.1 Å². The van der Waals surface area contributed by atoms with Gasteiger partial charge in [0.1, 0.15) is 11.6 Å². The quantitative estimate of drug-likeness (QED) is 0.292. The van der Waals surface area contributed by atoms with Crippen LogP contribution >= 0.6 is 0 Å². The first-order chi connectivity index (χ1) is 18.9. The third kappa shape index (κ3) is 6.19. The molecule has 5 rings (SSSR count). The van der Waals surface area contributed by atoms with Crippen molar-refractivity contribution in [2.75, 3.05) is 62.5 Å². The van der Waals surface area contributed by atoms with Gasteiger partial charge in [0.15, 0.2) is 5.65 Å². The Morgan fingerprint density at radius 3 is 2.67 bits per heavy atom. The van der Waals surface area contributed by atoms with Gasteiger partial charge in [0.05, 0.1) is 36.2 Å². The third-order valence-electron chi connectivity index (χ3n) is 6.09. The van der Waals surface area contributed by atoms with Crippen LogP contribution in [0.1, 0.15) is 0 Å². The van der Waals surface area contributed by atoms with Gasteiger partial charge in [-0.05, 0) is 50.5 Å². The number of H-pyrrole nitrogens is 1. The number of nitrogens with one attached hydrogen (secondary N) is 3. The summed E-state index contributed by atoms with van der Waals surface area (Å²) < 4.78 is 35.0. The van der Waals surface area contributed by atoms with Crippen molar-refractivity contribution >= 4 is 40.0 Å². The van der Waals surface area contributed by atoms with Crippen LogP contribution in [0.5, 0.6) is 0 Å². The Kier molecular flexibility index (Phi) is 7.75. The molecule has 2 aromatic heterocycles. The fourth-order valence-corrected chi connectivity index (χ4v) is 4.20. The summed E-state index contributed by atoms with van der Waals surface area (Å²) in [5.41, 5.74) is 2.25. The molecule has 1 amide bonds. The number of nitrogens with zero attached hydrogens (tertiary/aromatic N) is 5. The molecule has 0 spiro atoms. The molecule has 202 valence electrons. The molecule has 1 aliphatic heterocycles. The summed E-state index contributed by atoms with van der Waals surface area (Å²) in [6.07, 6.45) is 4.67. The summed E-state index contributed by atoms with van der Waals surface area (Å²) in [6.45, 7) is 2.83. The number of rotatable bonds is 8. The van der Waals surface area contributed by atoms with Crippen LogP contribution in [0.25, 0.3) is 22.3 Å². The normalized spacial score (nSPS) is 13.9. The maximum atomic E-state index is 15.1. The van der Waals surface area contributed by atoms with E-state index in [1.54, 1.807) is 18.2 Å². The van der Waals surface area contributed by atoms with Crippen LogP contribution in [0, 0.1) is 11.6 Å². The van der Waals surface area contributed by atoms with Gasteiger partial charge in [0, 0.05) is 42.6 Å². The van der Waals surface area contributed by atoms with E-state index >= 15 is 4.39 Å². The lowest BCUT2D eigenvalue weighted by atomic mass is 10.1. The van der Waals surface area contributed by atoms with Gasteiger partial charge in [-0.3, -0.25) is 9.89 Å². The Morgan fingerprint density at radius 1 is 1.10 bits per heavy atom. The van der Waals surface area contributed by atoms with E-state index < -0.39 is 5.82 Å². The highest BCUT2D eigenvalue weighted by atomic mass is 19.1. The molecule has 12 heteroatoms. The zero-order valence-electron chi connectivity index (χ0n) is 21.5. The molecule has 39 heavy (non-hydrogen) atoms. The number of hydrogen-bond donors (Lipinski definition) is 3. The number of morpholine rings is 1. The molecule has 0 aliphatic carbocycles. The fourth-order valence-electron chi connectivity index (χ4n) is 4.20. The van der Waals surface area contributed by atoms with Crippen LogP contribution in [-0.4, -0.2) is 77.9 Å². The van der Waals surface area contributed by atoms with Gasteiger partial charge in [0.25, 0.3) is 0 Å². The topological polar surface area (TPSA) is 111 Å². The molecule has 0 radical (unpaired) electrons. The molecule has 2 aromatic carbocycles. The predicted octanol–water partition coefficient (Wildman–Crippen LogP) is 3.93. The van der Waals surface area contributed by atoms with Crippen molar-refractivity contribution in [2.45, 2.75) is 0 Å². The van der Waals surface area contributed by atoms with Gasteiger partial charge in [-0.1, -0.05) is 6.08 Å². The fraction of sp³-hybridized carbons (Fsp3) is 0.259. The minimum absolute atomic E-state index is 0.162. The molecule has 0 unspecified atom stereocenters. The molecular formula is C27H28F2N8O2. The molecule has 1 fully saturated rings. The number of anilines is 4. The zero-order valence-corrected chi connectivity index (χ0v) is 21.5. The highest BCUT2D eigenvalue weighted by Crippen LogP contribution is 2.32. The number of aromatic nitrogens is 4. The predicted molar refractivity (Wildman–Crippen MR) is 146 cm³/mol. The maximum absolute atomic E-state index is 15.1. The Morgan fingerprint density at radius 2 is 1.87 bits per heavy atom. The van der Waals surface area contributed by atoms with E-state index in [0.717, 1.165) is 0 Å². The lowest BCUT2D eigenvalue weighted by Gasteiger charge is -2.29. The van der Waals surface area contributed by atoms with Crippen molar-refractivity contribution in [3.63, 3.8) is 0 Å². The summed E-state index contributed by atoms with van der Waals surface area (Å²) in [5.74, 6) is -1.03. The van der Waals surface area contributed by atoms with Crippen molar-refractivity contribution < 1.29 is 18.3 Å². The number of fused-ring (bicyclic) bond motifs is 1. The number of amides is 1. The third-order valence-corrected chi connectivity index (χ3v) is 6.09. The molecular weight excluding hydrogens is 506 g/mol.